The molecule has 2 nitrogen and oxygen atoms in total. The van der Waals surface area contributed by atoms with Gasteiger partial charge >= 0.3 is 0 Å². The summed E-state index contributed by atoms with van der Waals surface area (Å²) in [5, 5.41) is 3.42. The molecule has 1 rings (SSSR count). The quantitative estimate of drug-likeness (QED) is 0.859. The van der Waals surface area contributed by atoms with E-state index >= 15 is 0 Å². The molecule has 1 N–H and O–H groups in total. The van der Waals surface area contributed by atoms with Crippen molar-refractivity contribution in [2.45, 2.75) is 19.9 Å². The maximum absolute atomic E-state index is 5.46. The van der Waals surface area contributed by atoms with Crippen molar-refractivity contribution in [2.24, 2.45) is 0 Å². The molecule has 3 heteroatoms. The summed E-state index contributed by atoms with van der Waals surface area (Å²) in [6.07, 6.45) is 0. The van der Waals surface area contributed by atoms with Crippen LogP contribution >= 0.6 is 15.9 Å². The van der Waals surface area contributed by atoms with Crippen LogP contribution < -0.4 is 5.32 Å². The fourth-order valence-electron chi connectivity index (χ4n) is 1.48. The van der Waals surface area contributed by atoms with Gasteiger partial charge in [-0.1, -0.05) is 35.0 Å². The fraction of sp³-hybridized carbons (Fsp3) is 0.500. The number of halogens is 1. The largest absolute Gasteiger partial charge is 0.380 e. The molecule has 0 aromatic heterocycles. The average molecular weight is 272 g/mol. The first kappa shape index (κ1) is 12.7. The first-order valence-corrected chi connectivity index (χ1v) is 6.13. The fourth-order valence-corrected chi connectivity index (χ4v) is 1.90. The minimum atomic E-state index is 0.285. The third-order valence-corrected chi connectivity index (χ3v) is 2.68. The molecule has 0 spiro atoms. The van der Waals surface area contributed by atoms with Crippen molar-refractivity contribution in [1.82, 2.24) is 5.32 Å². The van der Waals surface area contributed by atoms with Crippen LogP contribution in [-0.4, -0.2) is 19.8 Å². The highest BCUT2D eigenvalue weighted by molar-refractivity contribution is 9.10. The number of likely N-dealkylation sites (N-methyl/N-ethyl adjacent to an activating group) is 1. The van der Waals surface area contributed by atoms with Crippen LogP contribution in [-0.2, 0) is 4.74 Å². The van der Waals surface area contributed by atoms with Gasteiger partial charge in [-0.15, -0.1) is 0 Å². The lowest BCUT2D eigenvalue weighted by molar-refractivity contribution is 0.123. The second-order valence-electron chi connectivity index (χ2n) is 3.32. The Morgan fingerprint density at radius 1 is 1.40 bits per heavy atom. The summed E-state index contributed by atoms with van der Waals surface area (Å²) in [6, 6.07) is 8.62. The average Bonchev–Trinajstić information content (AvgIpc) is 2.24. The summed E-state index contributed by atoms with van der Waals surface area (Å²) < 4.78 is 6.58. The van der Waals surface area contributed by atoms with Crippen molar-refractivity contribution >= 4 is 15.9 Å². The molecule has 0 aliphatic carbocycles. The Hall–Kier alpha value is -0.380. The Labute approximate surface area is 100 Å². The van der Waals surface area contributed by atoms with Crippen molar-refractivity contribution in [2.75, 3.05) is 19.8 Å². The predicted octanol–water partition coefficient (Wildman–Crippen LogP) is 3.14. The van der Waals surface area contributed by atoms with E-state index in [0.717, 1.165) is 24.2 Å². The van der Waals surface area contributed by atoms with E-state index in [2.05, 4.69) is 46.4 Å². The molecule has 0 radical (unpaired) electrons. The SMILES string of the molecule is CCNC(COCC)c1cccc(Br)c1. The van der Waals surface area contributed by atoms with Gasteiger partial charge in [0, 0.05) is 11.1 Å². The molecule has 1 aromatic rings. The van der Waals surface area contributed by atoms with Crippen LogP contribution in [0.3, 0.4) is 0 Å². The topological polar surface area (TPSA) is 21.3 Å². The van der Waals surface area contributed by atoms with E-state index in [1.807, 2.05) is 13.0 Å². The monoisotopic (exact) mass is 271 g/mol. The van der Waals surface area contributed by atoms with Crippen LogP contribution in [0, 0.1) is 0 Å². The number of ether oxygens (including phenoxy) is 1. The van der Waals surface area contributed by atoms with E-state index in [-0.39, 0.29) is 6.04 Å². The highest BCUT2D eigenvalue weighted by Crippen LogP contribution is 2.18. The van der Waals surface area contributed by atoms with Crippen molar-refractivity contribution in [3.05, 3.63) is 34.3 Å². The van der Waals surface area contributed by atoms with Crippen molar-refractivity contribution in [3.8, 4) is 0 Å². The molecule has 0 heterocycles. The van der Waals surface area contributed by atoms with Gasteiger partial charge in [0.05, 0.1) is 12.6 Å². The van der Waals surface area contributed by atoms with Gasteiger partial charge in [-0.05, 0) is 31.2 Å². The van der Waals surface area contributed by atoms with Gasteiger partial charge in [0.25, 0.3) is 0 Å². The normalized spacial score (nSPS) is 12.7. The Morgan fingerprint density at radius 3 is 2.80 bits per heavy atom. The Bertz CT molecular complexity index is 291. The van der Waals surface area contributed by atoms with Crippen LogP contribution in [0.4, 0.5) is 0 Å². The Balaban J connectivity index is 2.69. The minimum absolute atomic E-state index is 0.285. The molecule has 0 amide bonds. The number of hydrogen-bond acceptors (Lipinski definition) is 2. The zero-order valence-corrected chi connectivity index (χ0v) is 10.9. The Kier molecular flexibility index (Phi) is 5.91. The highest BCUT2D eigenvalue weighted by Gasteiger charge is 2.09. The van der Waals surface area contributed by atoms with Gasteiger partial charge < -0.3 is 10.1 Å². The van der Waals surface area contributed by atoms with Crippen molar-refractivity contribution < 1.29 is 4.74 Å². The third kappa shape index (κ3) is 4.33. The maximum Gasteiger partial charge on any atom is 0.0661 e. The van der Waals surface area contributed by atoms with Crippen molar-refractivity contribution in [1.29, 1.82) is 0 Å². The van der Waals surface area contributed by atoms with Crippen LogP contribution in [0.15, 0.2) is 28.7 Å². The van der Waals surface area contributed by atoms with E-state index in [4.69, 9.17) is 4.74 Å². The molecular weight excluding hydrogens is 254 g/mol. The molecule has 15 heavy (non-hydrogen) atoms. The van der Waals surface area contributed by atoms with Crippen molar-refractivity contribution in [3.63, 3.8) is 0 Å². The number of benzene rings is 1. The lowest BCUT2D eigenvalue weighted by Crippen LogP contribution is -2.25. The highest BCUT2D eigenvalue weighted by atomic mass is 79.9. The second kappa shape index (κ2) is 6.99. The van der Waals surface area contributed by atoms with Gasteiger partial charge in [-0.3, -0.25) is 0 Å². The predicted molar refractivity (Wildman–Crippen MR) is 67.1 cm³/mol. The van der Waals surface area contributed by atoms with E-state index in [0.29, 0.717) is 0 Å². The molecule has 0 aliphatic rings. The summed E-state index contributed by atoms with van der Waals surface area (Å²) >= 11 is 3.48. The number of hydrogen-bond donors (Lipinski definition) is 1. The summed E-state index contributed by atoms with van der Waals surface area (Å²) in [7, 11) is 0. The van der Waals surface area contributed by atoms with Gasteiger partial charge in [-0.25, -0.2) is 0 Å². The molecule has 0 aliphatic heterocycles. The van der Waals surface area contributed by atoms with Crippen LogP contribution in [0.2, 0.25) is 0 Å². The zero-order chi connectivity index (χ0) is 11.1. The van der Waals surface area contributed by atoms with Gasteiger partial charge in [0.2, 0.25) is 0 Å². The molecule has 84 valence electrons. The standard InChI is InChI=1S/C12H18BrNO/c1-3-14-12(9-15-4-2)10-6-5-7-11(13)8-10/h5-8,12,14H,3-4,9H2,1-2H3. The van der Waals surface area contributed by atoms with Gasteiger partial charge in [-0.2, -0.15) is 0 Å². The summed E-state index contributed by atoms with van der Waals surface area (Å²) in [4.78, 5) is 0. The number of nitrogens with one attached hydrogen (secondary N) is 1. The molecule has 1 aromatic carbocycles. The zero-order valence-electron chi connectivity index (χ0n) is 9.29. The first-order valence-electron chi connectivity index (χ1n) is 5.34. The molecule has 0 fully saturated rings. The summed E-state index contributed by atoms with van der Waals surface area (Å²) in [6.45, 7) is 6.56. The van der Waals surface area contributed by atoms with E-state index in [1.165, 1.54) is 5.56 Å². The van der Waals surface area contributed by atoms with Gasteiger partial charge in [0.1, 0.15) is 0 Å². The molecular formula is C12H18BrNO. The third-order valence-electron chi connectivity index (χ3n) is 2.19. The summed E-state index contributed by atoms with van der Waals surface area (Å²) in [5.41, 5.74) is 1.26. The van der Waals surface area contributed by atoms with Crippen LogP contribution in [0.1, 0.15) is 25.5 Å². The van der Waals surface area contributed by atoms with Crippen LogP contribution in [0.25, 0.3) is 0 Å². The molecule has 1 atom stereocenters. The number of rotatable bonds is 6. The summed E-state index contributed by atoms with van der Waals surface area (Å²) in [5.74, 6) is 0. The smallest absolute Gasteiger partial charge is 0.0661 e. The lowest BCUT2D eigenvalue weighted by atomic mass is 10.1. The maximum atomic E-state index is 5.46. The van der Waals surface area contributed by atoms with E-state index in [9.17, 15) is 0 Å². The van der Waals surface area contributed by atoms with Gasteiger partial charge in [0.15, 0.2) is 0 Å². The Morgan fingerprint density at radius 2 is 2.20 bits per heavy atom. The molecule has 0 saturated heterocycles. The van der Waals surface area contributed by atoms with E-state index in [1.54, 1.807) is 0 Å². The van der Waals surface area contributed by atoms with Crippen LogP contribution in [0.5, 0.6) is 0 Å². The van der Waals surface area contributed by atoms with E-state index < -0.39 is 0 Å². The molecule has 1 unspecified atom stereocenters. The lowest BCUT2D eigenvalue weighted by Gasteiger charge is -2.18. The second-order valence-corrected chi connectivity index (χ2v) is 4.24. The first-order chi connectivity index (χ1) is 7.27. The molecule has 0 saturated carbocycles. The minimum Gasteiger partial charge on any atom is -0.380 e. The molecule has 0 bridgehead atoms.